The number of carbonyl (C=O) groups excluding carboxylic acids is 2. The molecule has 1 heterocycles. The van der Waals surface area contributed by atoms with Crippen LogP contribution in [-0.4, -0.2) is 23.3 Å². The number of carbonyl (C=O) groups is 2. The molecule has 0 radical (unpaired) electrons. The maximum atomic E-state index is 13.5. The average Bonchev–Trinajstić information content (AvgIpc) is 2.66. The van der Waals surface area contributed by atoms with Crippen molar-refractivity contribution in [3.63, 3.8) is 0 Å². The van der Waals surface area contributed by atoms with Crippen LogP contribution in [0.2, 0.25) is 5.02 Å². The van der Waals surface area contributed by atoms with Crippen molar-refractivity contribution >= 4 is 23.5 Å². The van der Waals surface area contributed by atoms with Gasteiger partial charge in [0.15, 0.2) is 0 Å². The van der Waals surface area contributed by atoms with Crippen molar-refractivity contribution in [3.05, 3.63) is 34.6 Å². The second-order valence-electron chi connectivity index (χ2n) is 4.19. The van der Waals surface area contributed by atoms with E-state index in [1.807, 2.05) is 0 Å². The first-order valence-electron chi connectivity index (χ1n) is 5.40. The first kappa shape index (κ1) is 12.8. The van der Waals surface area contributed by atoms with Crippen molar-refractivity contribution in [3.8, 4) is 0 Å². The molecule has 0 unspecified atom stereocenters. The molecule has 1 fully saturated rings. The van der Waals surface area contributed by atoms with Crippen molar-refractivity contribution in [2.45, 2.75) is 13.0 Å². The van der Waals surface area contributed by atoms with Gasteiger partial charge in [-0.05, 0) is 12.1 Å². The Morgan fingerprint density at radius 3 is 2.83 bits per heavy atom. The van der Waals surface area contributed by atoms with Crippen LogP contribution in [-0.2, 0) is 16.1 Å². The molecule has 1 aliphatic heterocycles. The first-order valence-corrected chi connectivity index (χ1v) is 5.78. The van der Waals surface area contributed by atoms with E-state index in [9.17, 15) is 19.1 Å². The SMILES string of the molecule is O=C([O-])[C@@H]1CC(=O)N(Cc2c(F)cccc2Cl)C1. The van der Waals surface area contributed by atoms with E-state index in [0.717, 1.165) is 0 Å². The molecule has 18 heavy (non-hydrogen) atoms. The predicted molar refractivity (Wildman–Crippen MR) is 59.9 cm³/mol. The van der Waals surface area contributed by atoms with Crippen LogP contribution in [0.3, 0.4) is 0 Å². The maximum Gasteiger partial charge on any atom is 0.223 e. The fourth-order valence-corrected chi connectivity index (χ4v) is 2.18. The number of amides is 1. The van der Waals surface area contributed by atoms with Gasteiger partial charge in [-0.25, -0.2) is 4.39 Å². The minimum atomic E-state index is -1.26. The number of benzene rings is 1. The Morgan fingerprint density at radius 2 is 2.28 bits per heavy atom. The number of hydrogen-bond donors (Lipinski definition) is 0. The van der Waals surface area contributed by atoms with Gasteiger partial charge in [-0.15, -0.1) is 0 Å². The van der Waals surface area contributed by atoms with Crippen LogP contribution in [0.15, 0.2) is 18.2 Å². The quantitative estimate of drug-likeness (QED) is 0.807. The lowest BCUT2D eigenvalue weighted by Crippen LogP contribution is -2.33. The Morgan fingerprint density at radius 1 is 1.56 bits per heavy atom. The molecule has 1 atom stereocenters. The molecule has 1 amide bonds. The number of halogens is 2. The van der Waals surface area contributed by atoms with Crippen LogP contribution in [0.25, 0.3) is 0 Å². The zero-order valence-corrected chi connectivity index (χ0v) is 10.1. The topological polar surface area (TPSA) is 60.4 Å². The van der Waals surface area contributed by atoms with Gasteiger partial charge in [0.1, 0.15) is 5.82 Å². The molecule has 6 heteroatoms. The van der Waals surface area contributed by atoms with Crippen molar-refractivity contribution in [2.75, 3.05) is 6.54 Å². The molecule has 0 N–H and O–H groups in total. The van der Waals surface area contributed by atoms with Crippen LogP contribution >= 0.6 is 11.6 Å². The minimum Gasteiger partial charge on any atom is -0.550 e. The second kappa shape index (κ2) is 4.94. The highest BCUT2D eigenvalue weighted by molar-refractivity contribution is 6.31. The van der Waals surface area contributed by atoms with Gasteiger partial charge in [-0.3, -0.25) is 4.79 Å². The number of rotatable bonds is 3. The van der Waals surface area contributed by atoms with Gasteiger partial charge in [-0.2, -0.15) is 0 Å². The first-order chi connectivity index (χ1) is 8.49. The smallest absolute Gasteiger partial charge is 0.223 e. The summed E-state index contributed by atoms with van der Waals surface area (Å²) in [6.07, 6.45) is -0.103. The number of carboxylic acids is 1. The van der Waals surface area contributed by atoms with E-state index in [2.05, 4.69) is 0 Å². The van der Waals surface area contributed by atoms with E-state index in [1.165, 1.54) is 23.1 Å². The molecule has 96 valence electrons. The molecule has 0 spiro atoms. The van der Waals surface area contributed by atoms with E-state index in [4.69, 9.17) is 11.6 Å². The molecule has 0 aliphatic carbocycles. The number of likely N-dealkylation sites (tertiary alicyclic amines) is 1. The minimum absolute atomic E-state index is 0.0197. The van der Waals surface area contributed by atoms with Crippen molar-refractivity contribution in [1.29, 1.82) is 0 Å². The van der Waals surface area contributed by atoms with Crippen molar-refractivity contribution in [1.82, 2.24) is 4.90 Å². The third-order valence-electron chi connectivity index (χ3n) is 2.96. The Kier molecular flexibility index (Phi) is 3.52. The molecule has 1 saturated heterocycles. The van der Waals surface area contributed by atoms with E-state index in [1.54, 1.807) is 0 Å². The molecule has 0 saturated carbocycles. The zero-order valence-electron chi connectivity index (χ0n) is 9.36. The van der Waals surface area contributed by atoms with Gasteiger partial charge >= 0.3 is 0 Å². The molecule has 2 rings (SSSR count). The maximum absolute atomic E-state index is 13.5. The summed E-state index contributed by atoms with van der Waals surface area (Å²) >= 11 is 5.85. The van der Waals surface area contributed by atoms with Crippen LogP contribution in [0.5, 0.6) is 0 Å². The van der Waals surface area contributed by atoms with Gasteiger partial charge in [0.05, 0.1) is 6.54 Å². The number of carboxylic acid groups (broad SMARTS) is 1. The molecule has 0 aromatic heterocycles. The normalized spacial score (nSPS) is 19.3. The van der Waals surface area contributed by atoms with E-state index in [-0.39, 0.29) is 36.0 Å². The summed E-state index contributed by atoms with van der Waals surface area (Å²) < 4.78 is 13.5. The highest BCUT2D eigenvalue weighted by Crippen LogP contribution is 2.25. The highest BCUT2D eigenvalue weighted by Gasteiger charge is 2.31. The summed E-state index contributed by atoms with van der Waals surface area (Å²) in [5.74, 6) is -2.93. The number of aliphatic carboxylic acids is 1. The van der Waals surface area contributed by atoms with E-state index in [0.29, 0.717) is 0 Å². The second-order valence-corrected chi connectivity index (χ2v) is 4.60. The monoisotopic (exact) mass is 270 g/mol. The Balaban J connectivity index is 2.15. The van der Waals surface area contributed by atoms with Gasteiger partial charge in [0.25, 0.3) is 0 Å². The van der Waals surface area contributed by atoms with Crippen LogP contribution in [0, 0.1) is 11.7 Å². The molecular formula is C12H10ClFNO3-. The molecular weight excluding hydrogens is 261 g/mol. The summed E-state index contributed by atoms with van der Waals surface area (Å²) in [5, 5.41) is 10.9. The zero-order chi connectivity index (χ0) is 13.3. The van der Waals surface area contributed by atoms with E-state index >= 15 is 0 Å². The fourth-order valence-electron chi connectivity index (χ4n) is 1.96. The Bertz CT molecular complexity index is 486. The lowest BCUT2D eigenvalue weighted by Gasteiger charge is -2.18. The summed E-state index contributed by atoms with van der Waals surface area (Å²) in [7, 11) is 0. The Hall–Kier alpha value is -1.62. The highest BCUT2D eigenvalue weighted by atomic mass is 35.5. The number of nitrogens with zero attached hydrogens (tertiary/aromatic N) is 1. The molecule has 1 aromatic carbocycles. The molecule has 0 bridgehead atoms. The largest absolute Gasteiger partial charge is 0.550 e. The van der Waals surface area contributed by atoms with Crippen molar-refractivity contribution < 1.29 is 19.1 Å². The van der Waals surface area contributed by atoms with Crippen LogP contribution in [0.4, 0.5) is 4.39 Å². The van der Waals surface area contributed by atoms with Gasteiger partial charge in [0.2, 0.25) is 5.91 Å². The molecule has 1 aliphatic rings. The van der Waals surface area contributed by atoms with Crippen LogP contribution in [0.1, 0.15) is 12.0 Å². The van der Waals surface area contributed by atoms with Gasteiger partial charge in [-0.1, -0.05) is 17.7 Å². The summed E-state index contributed by atoms with van der Waals surface area (Å²) in [4.78, 5) is 23.6. The third-order valence-corrected chi connectivity index (χ3v) is 3.31. The third kappa shape index (κ3) is 2.46. The average molecular weight is 271 g/mol. The van der Waals surface area contributed by atoms with Gasteiger partial charge < -0.3 is 14.8 Å². The summed E-state index contributed by atoms with van der Waals surface area (Å²) in [6.45, 7) is 0.0138. The summed E-state index contributed by atoms with van der Waals surface area (Å²) in [5.41, 5.74) is 0.200. The van der Waals surface area contributed by atoms with Crippen molar-refractivity contribution in [2.24, 2.45) is 5.92 Å². The lowest BCUT2D eigenvalue weighted by atomic mass is 10.1. The van der Waals surface area contributed by atoms with E-state index < -0.39 is 17.7 Å². The van der Waals surface area contributed by atoms with Gasteiger partial charge in [0, 0.05) is 35.4 Å². The lowest BCUT2D eigenvalue weighted by molar-refractivity contribution is -0.311. The number of hydrogen-bond acceptors (Lipinski definition) is 3. The fraction of sp³-hybridized carbons (Fsp3) is 0.333. The molecule has 1 aromatic rings. The predicted octanol–water partition coefficient (Wildman–Crippen LogP) is 0.577. The standard InChI is InChI=1S/C12H11ClFNO3/c13-9-2-1-3-10(14)8(9)6-15-5-7(12(17)18)4-11(15)16/h1-3,7H,4-6H2,(H,17,18)/p-1/t7-/m1/s1. The van der Waals surface area contributed by atoms with Crippen LogP contribution < -0.4 is 5.11 Å². The Labute approximate surface area is 108 Å². The molecule has 4 nitrogen and oxygen atoms in total. The summed E-state index contributed by atoms with van der Waals surface area (Å²) in [6, 6.07) is 4.24.